The first-order valence-electron chi connectivity index (χ1n) is 9.25. The van der Waals surface area contributed by atoms with Crippen LogP contribution in [0, 0.1) is 13.8 Å². The van der Waals surface area contributed by atoms with E-state index >= 15 is 0 Å². The summed E-state index contributed by atoms with van der Waals surface area (Å²) in [5.41, 5.74) is 1.65. The average Bonchev–Trinajstić information content (AvgIpc) is 2.89. The van der Waals surface area contributed by atoms with E-state index in [4.69, 9.17) is 5.11 Å². The topological polar surface area (TPSA) is 121 Å². The number of carboxylic acid groups (broad SMARTS) is 1. The molecule has 2 aromatic heterocycles. The lowest BCUT2D eigenvalue weighted by Gasteiger charge is -2.28. The number of rotatable bonds is 4. The van der Waals surface area contributed by atoms with Crippen LogP contribution in [-0.4, -0.2) is 77.9 Å². The molecular weight excluding hydrogens is 364 g/mol. The highest BCUT2D eigenvalue weighted by molar-refractivity contribution is 5.91. The van der Waals surface area contributed by atoms with Gasteiger partial charge in [-0.3, -0.25) is 14.4 Å². The van der Waals surface area contributed by atoms with Crippen molar-refractivity contribution in [2.24, 2.45) is 0 Å². The number of aliphatic carboxylic acids is 1. The van der Waals surface area contributed by atoms with Crippen LogP contribution >= 0.6 is 0 Å². The monoisotopic (exact) mass is 388 g/mol. The Balaban J connectivity index is 1.75. The molecule has 10 heteroatoms. The Morgan fingerprint density at radius 1 is 1.21 bits per heavy atom. The summed E-state index contributed by atoms with van der Waals surface area (Å²) in [6.45, 7) is 5.69. The minimum atomic E-state index is -1.04. The molecule has 3 heterocycles. The largest absolute Gasteiger partial charge is 0.480 e. The van der Waals surface area contributed by atoms with Gasteiger partial charge in [-0.25, -0.2) is 9.50 Å². The molecule has 3 rings (SSSR count). The smallest absolute Gasteiger partial charge is 0.323 e. The number of nitrogens with zero attached hydrogens (tertiary/aromatic N) is 6. The SMILES string of the molecule is CC(=O)N(CC(=O)O)C1CCCN(C(=O)c2nc3nc(C)cc(C)n3n2)CC1. The molecule has 28 heavy (non-hydrogen) atoms. The molecule has 0 spiro atoms. The Morgan fingerprint density at radius 2 is 1.96 bits per heavy atom. The van der Waals surface area contributed by atoms with Crippen LogP contribution < -0.4 is 0 Å². The van der Waals surface area contributed by atoms with Crippen LogP contribution in [0.3, 0.4) is 0 Å². The number of aryl methyl sites for hydroxylation is 2. The summed E-state index contributed by atoms with van der Waals surface area (Å²) in [5, 5.41) is 13.3. The summed E-state index contributed by atoms with van der Waals surface area (Å²) in [4.78, 5) is 47.4. The minimum absolute atomic E-state index is 0.0913. The zero-order chi connectivity index (χ0) is 20.4. The zero-order valence-electron chi connectivity index (χ0n) is 16.3. The maximum atomic E-state index is 12.9. The van der Waals surface area contributed by atoms with Crippen LogP contribution in [0.4, 0.5) is 0 Å². The molecule has 0 bridgehead atoms. The highest BCUT2D eigenvalue weighted by atomic mass is 16.4. The fraction of sp³-hybridized carbons (Fsp3) is 0.556. The third-order valence-electron chi connectivity index (χ3n) is 4.95. The molecule has 2 amide bonds. The minimum Gasteiger partial charge on any atom is -0.480 e. The number of hydrogen-bond acceptors (Lipinski definition) is 6. The van der Waals surface area contributed by atoms with Crippen molar-refractivity contribution in [3.63, 3.8) is 0 Å². The predicted octanol–water partition coefficient (Wildman–Crippen LogP) is 0.669. The van der Waals surface area contributed by atoms with Gasteiger partial charge in [-0.05, 0) is 39.2 Å². The van der Waals surface area contributed by atoms with E-state index < -0.39 is 5.97 Å². The second-order valence-corrected chi connectivity index (χ2v) is 7.10. The lowest BCUT2D eigenvalue weighted by molar-refractivity contribution is -0.145. The second kappa shape index (κ2) is 7.91. The average molecular weight is 388 g/mol. The number of amides is 2. The first-order valence-corrected chi connectivity index (χ1v) is 9.25. The van der Waals surface area contributed by atoms with E-state index in [-0.39, 0.29) is 30.2 Å². The second-order valence-electron chi connectivity index (χ2n) is 7.10. The van der Waals surface area contributed by atoms with Crippen LogP contribution in [0.25, 0.3) is 5.78 Å². The molecular formula is C18H24N6O4. The highest BCUT2D eigenvalue weighted by Crippen LogP contribution is 2.18. The predicted molar refractivity (Wildman–Crippen MR) is 98.8 cm³/mol. The van der Waals surface area contributed by atoms with Gasteiger partial charge < -0.3 is 14.9 Å². The summed E-state index contributed by atoms with van der Waals surface area (Å²) < 4.78 is 1.55. The Morgan fingerprint density at radius 3 is 2.64 bits per heavy atom. The van der Waals surface area contributed by atoms with Gasteiger partial charge in [0.15, 0.2) is 0 Å². The molecule has 0 radical (unpaired) electrons. The fourth-order valence-corrected chi connectivity index (χ4v) is 3.64. The molecule has 150 valence electrons. The quantitative estimate of drug-likeness (QED) is 0.817. The van der Waals surface area contributed by atoms with Crippen LogP contribution in [0.2, 0.25) is 0 Å². The lowest BCUT2D eigenvalue weighted by Crippen LogP contribution is -2.43. The van der Waals surface area contributed by atoms with E-state index in [1.54, 1.807) is 9.42 Å². The van der Waals surface area contributed by atoms with Gasteiger partial charge in [-0.15, -0.1) is 5.10 Å². The molecule has 0 saturated carbocycles. The van der Waals surface area contributed by atoms with Crippen molar-refractivity contribution in [3.05, 3.63) is 23.3 Å². The van der Waals surface area contributed by atoms with E-state index in [1.807, 2.05) is 19.9 Å². The first kappa shape index (κ1) is 19.7. The Labute approximate surface area is 162 Å². The molecule has 10 nitrogen and oxygen atoms in total. The number of likely N-dealkylation sites (tertiary alicyclic amines) is 1. The molecule has 0 aliphatic carbocycles. The maximum absolute atomic E-state index is 12.9. The van der Waals surface area contributed by atoms with E-state index in [1.165, 1.54) is 11.8 Å². The molecule has 2 aromatic rings. The van der Waals surface area contributed by atoms with Gasteiger partial charge in [0.05, 0.1) is 0 Å². The highest BCUT2D eigenvalue weighted by Gasteiger charge is 2.29. The van der Waals surface area contributed by atoms with E-state index in [0.29, 0.717) is 38.1 Å². The Kier molecular flexibility index (Phi) is 5.57. The normalized spacial score (nSPS) is 17.4. The number of aromatic nitrogens is 4. The third-order valence-corrected chi connectivity index (χ3v) is 4.95. The summed E-state index contributed by atoms with van der Waals surface area (Å²) in [7, 11) is 0. The number of fused-ring (bicyclic) bond motifs is 1. The number of carbonyl (C=O) groups is 3. The van der Waals surface area contributed by atoms with E-state index in [9.17, 15) is 14.4 Å². The van der Waals surface area contributed by atoms with Gasteiger partial charge in [0, 0.05) is 37.4 Å². The van der Waals surface area contributed by atoms with Crippen molar-refractivity contribution in [2.75, 3.05) is 19.6 Å². The number of carbonyl (C=O) groups excluding carboxylic acids is 2. The van der Waals surface area contributed by atoms with Gasteiger partial charge in [0.25, 0.3) is 11.7 Å². The maximum Gasteiger partial charge on any atom is 0.323 e. The van der Waals surface area contributed by atoms with Crippen molar-refractivity contribution < 1.29 is 19.5 Å². The van der Waals surface area contributed by atoms with Crippen LogP contribution in [-0.2, 0) is 9.59 Å². The van der Waals surface area contributed by atoms with Gasteiger partial charge in [-0.2, -0.15) is 4.98 Å². The van der Waals surface area contributed by atoms with Gasteiger partial charge in [-0.1, -0.05) is 0 Å². The molecule has 1 unspecified atom stereocenters. The fourth-order valence-electron chi connectivity index (χ4n) is 3.64. The molecule has 1 fully saturated rings. The molecule has 1 saturated heterocycles. The van der Waals surface area contributed by atoms with Gasteiger partial charge >= 0.3 is 5.97 Å². The number of carboxylic acids is 1. The molecule has 1 atom stereocenters. The molecule has 0 aromatic carbocycles. The van der Waals surface area contributed by atoms with Gasteiger partial charge in [0.1, 0.15) is 6.54 Å². The van der Waals surface area contributed by atoms with E-state index in [2.05, 4.69) is 15.1 Å². The van der Waals surface area contributed by atoms with Crippen LogP contribution in [0.1, 0.15) is 48.2 Å². The zero-order valence-corrected chi connectivity index (χ0v) is 16.3. The molecule has 1 aliphatic rings. The lowest BCUT2D eigenvalue weighted by atomic mass is 10.1. The third kappa shape index (κ3) is 4.10. The summed E-state index contributed by atoms with van der Waals surface area (Å²) >= 11 is 0. The standard InChI is InChI=1S/C18H24N6O4/c1-11-9-12(2)24-18(19-11)20-16(21-24)17(28)22-7-4-5-14(6-8-22)23(13(3)25)10-15(26)27/h9,14H,4-8,10H2,1-3H3,(H,26,27). The Hall–Kier alpha value is -3.04. The van der Waals surface area contributed by atoms with Crippen molar-refractivity contribution in [2.45, 2.75) is 46.1 Å². The first-order chi connectivity index (χ1) is 13.3. The van der Waals surface area contributed by atoms with Gasteiger partial charge in [0.2, 0.25) is 11.7 Å². The summed E-state index contributed by atoms with van der Waals surface area (Å²) in [6, 6.07) is 1.66. The number of hydrogen-bond donors (Lipinski definition) is 1. The molecule has 1 N–H and O–H groups in total. The van der Waals surface area contributed by atoms with Crippen molar-refractivity contribution >= 4 is 23.6 Å². The Bertz CT molecular complexity index is 924. The van der Waals surface area contributed by atoms with Crippen LogP contribution in [0.5, 0.6) is 0 Å². The van der Waals surface area contributed by atoms with Crippen molar-refractivity contribution in [1.82, 2.24) is 29.4 Å². The van der Waals surface area contributed by atoms with Crippen molar-refractivity contribution in [1.29, 1.82) is 0 Å². The van der Waals surface area contributed by atoms with Crippen molar-refractivity contribution in [3.8, 4) is 0 Å². The molecule has 1 aliphatic heterocycles. The summed E-state index contributed by atoms with van der Waals surface area (Å²) in [6.07, 6.45) is 1.83. The summed E-state index contributed by atoms with van der Waals surface area (Å²) in [5.74, 6) is -1.12. The van der Waals surface area contributed by atoms with Crippen LogP contribution in [0.15, 0.2) is 6.07 Å². The van der Waals surface area contributed by atoms with E-state index in [0.717, 1.165) is 11.4 Å².